The van der Waals surface area contributed by atoms with Gasteiger partial charge in [0.05, 0.1) is 29.4 Å². The van der Waals surface area contributed by atoms with Crippen LogP contribution in [0.3, 0.4) is 0 Å². The van der Waals surface area contributed by atoms with Crippen LogP contribution in [0, 0.1) is 21.7 Å². The highest BCUT2D eigenvalue weighted by atomic mass is 19.3. The van der Waals surface area contributed by atoms with Gasteiger partial charge < -0.3 is 15.4 Å². The van der Waals surface area contributed by atoms with Crippen LogP contribution in [0.5, 0.6) is 0 Å². The Bertz CT molecular complexity index is 1480. The maximum Gasteiger partial charge on any atom is 0.414 e. The fraction of sp³-hybridized carbons (Fsp3) is 0.160. The molecule has 2 N–H and O–H groups in total. The molecule has 202 valence electrons. The van der Waals surface area contributed by atoms with Gasteiger partial charge in [-0.2, -0.15) is 8.78 Å². The Morgan fingerprint density at radius 2 is 1.72 bits per heavy atom. The second kappa shape index (κ2) is 11.2. The van der Waals surface area contributed by atoms with E-state index in [0.29, 0.717) is 11.1 Å². The quantitative estimate of drug-likeness (QED) is 0.244. The number of amides is 2. The van der Waals surface area contributed by atoms with Crippen molar-refractivity contribution in [2.75, 3.05) is 23.3 Å². The average molecular weight is 546 g/mol. The molecule has 1 unspecified atom stereocenters. The van der Waals surface area contributed by atoms with Crippen molar-refractivity contribution in [3.05, 3.63) is 92.6 Å². The largest absolute Gasteiger partial charge is 0.442 e. The number of hydrogen-bond acceptors (Lipinski definition) is 7. The number of rotatable bonds is 8. The molecular weight excluding hydrogens is 528 g/mol. The number of nitrogens with one attached hydrogen (secondary N) is 2. The lowest BCUT2D eigenvalue weighted by Gasteiger charge is -2.16. The summed E-state index contributed by atoms with van der Waals surface area (Å²) >= 11 is 0. The number of halogens is 4. The number of non-ortho nitro benzene ring substituents is 1. The topological polar surface area (TPSA) is 131 Å². The molecule has 1 saturated heterocycles. The summed E-state index contributed by atoms with van der Waals surface area (Å²) in [5.74, 6) is -3.87. The van der Waals surface area contributed by atoms with Gasteiger partial charge in [0, 0.05) is 24.3 Å². The molecule has 1 fully saturated rings. The highest BCUT2D eigenvalue weighted by molar-refractivity contribution is 5.90. The maximum absolute atomic E-state index is 15.0. The molecule has 1 aliphatic heterocycles. The van der Waals surface area contributed by atoms with E-state index in [1.807, 2.05) is 5.32 Å². The number of alkyl halides is 2. The summed E-state index contributed by atoms with van der Waals surface area (Å²) in [6, 6.07) is 12.5. The van der Waals surface area contributed by atoms with Crippen LogP contribution in [0.15, 0.2) is 65.5 Å². The maximum atomic E-state index is 15.0. The number of benzene rings is 2. The van der Waals surface area contributed by atoms with Crippen molar-refractivity contribution in [2.45, 2.75) is 12.5 Å². The van der Waals surface area contributed by atoms with Gasteiger partial charge in [-0.25, -0.2) is 13.6 Å². The van der Waals surface area contributed by atoms with Crippen molar-refractivity contribution < 1.29 is 36.8 Å². The number of nitro groups is 1. The van der Waals surface area contributed by atoms with E-state index in [0.717, 1.165) is 23.1 Å². The van der Waals surface area contributed by atoms with Gasteiger partial charge in [-0.05, 0) is 35.4 Å². The van der Waals surface area contributed by atoms with E-state index < -0.39 is 58.7 Å². The van der Waals surface area contributed by atoms with Gasteiger partial charge in [-0.3, -0.25) is 24.6 Å². The predicted octanol–water partition coefficient (Wildman–Crippen LogP) is 4.35. The summed E-state index contributed by atoms with van der Waals surface area (Å²) < 4.78 is 59.6. The van der Waals surface area contributed by atoms with Gasteiger partial charge in [0.2, 0.25) is 5.43 Å². The third kappa shape index (κ3) is 6.11. The standard InChI is InChI=1S/C25H18F4N4O6/c26-18-9-16(32-12-17(39-25(32)36)11-30-24(35)23(28)29)10-19(27)22(18)31-20-8-14(2-1-3-21(20)34)13-4-6-15(7-5-13)33(37)38/h1-10,17,23H,11-12H2,(H,30,35)(H,31,34). The van der Waals surface area contributed by atoms with Crippen LogP contribution < -0.4 is 21.0 Å². The smallest absolute Gasteiger partial charge is 0.414 e. The molecule has 1 aliphatic rings. The zero-order chi connectivity index (χ0) is 28.3. The highest BCUT2D eigenvalue weighted by Crippen LogP contribution is 2.31. The molecule has 10 nitrogen and oxygen atoms in total. The lowest BCUT2D eigenvalue weighted by Crippen LogP contribution is -2.37. The Labute approximate surface area is 217 Å². The summed E-state index contributed by atoms with van der Waals surface area (Å²) in [4.78, 5) is 46.9. The van der Waals surface area contributed by atoms with E-state index >= 15 is 0 Å². The Balaban J connectivity index is 1.56. The average Bonchev–Trinajstić information content (AvgIpc) is 3.17. The van der Waals surface area contributed by atoms with Crippen LogP contribution in [0.25, 0.3) is 11.1 Å². The summed E-state index contributed by atoms with van der Waals surface area (Å²) in [6.07, 6.45) is -5.29. The molecule has 39 heavy (non-hydrogen) atoms. The minimum atomic E-state index is -3.26. The van der Waals surface area contributed by atoms with Crippen molar-refractivity contribution in [1.29, 1.82) is 0 Å². The molecule has 2 amide bonds. The Kier molecular flexibility index (Phi) is 7.74. The zero-order valence-electron chi connectivity index (χ0n) is 19.7. The molecule has 0 bridgehead atoms. The van der Waals surface area contributed by atoms with Gasteiger partial charge in [-0.1, -0.05) is 12.1 Å². The Morgan fingerprint density at radius 3 is 2.33 bits per heavy atom. The van der Waals surface area contributed by atoms with Crippen LogP contribution in [-0.4, -0.2) is 42.5 Å². The fourth-order valence-corrected chi connectivity index (χ4v) is 3.76. The second-order valence-electron chi connectivity index (χ2n) is 8.28. The SMILES string of the molecule is O=C(NCC1CN(c2cc(F)c(Nc3cc(-c4ccc([N+](=O)[O-])cc4)cccc3=O)c(F)c2)C(=O)O1)C(F)F. The van der Waals surface area contributed by atoms with Crippen LogP contribution in [0.4, 0.5) is 45.1 Å². The second-order valence-corrected chi connectivity index (χ2v) is 8.28. The van der Waals surface area contributed by atoms with Gasteiger partial charge in [0.1, 0.15) is 11.8 Å². The van der Waals surface area contributed by atoms with E-state index in [1.165, 1.54) is 36.4 Å². The number of ether oxygens (including phenoxy) is 1. The van der Waals surface area contributed by atoms with E-state index in [2.05, 4.69) is 5.32 Å². The van der Waals surface area contributed by atoms with Gasteiger partial charge in [-0.15, -0.1) is 0 Å². The fourth-order valence-electron chi connectivity index (χ4n) is 3.76. The molecule has 14 heteroatoms. The summed E-state index contributed by atoms with van der Waals surface area (Å²) in [5, 5.41) is 15.2. The first-order valence-corrected chi connectivity index (χ1v) is 11.2. The summed E-state index contributed by atoms with van der Waals surface area (Å²) in [6.45, 7) is -0.698. The number of anilines is 3. The van der Waals surface area contributed by atoms with Crippen LogP contribution in [0.2, 0.25) is 0 Å². The Morgan fingerprint density at radius 1 is 1.05 bits per heavy atom. The molecule has 0 aliphatic carbocycles. The highest BCUT2D eigenvalue weighted by Gasteiger charge is 2.34. The molecule has 0 saturated carbocycles. The summed E-state index contributed by atoms with van der Waals surface area (Å²) in [5.41, 5.74) is -0.950. The van der Waals surface area contributed by atoms with Crippen molar-refractivity contribution >= 4 is 34.7 Å². The third-order valence-electron chi connectivity index (χ3n) is 5.67. The monoisotopic (exact) mass is 546 g/mol. The van der Waals surface area contributed by atoms with Gasteiger partial charge in [0.25, 0.3) is 11.6 Å². The molecule has 0 radical (unpaired) electrons. The lowest BCUT2D eigenvalue weighted by molar-refractivity contribution is -0.384. The van der Waals surface area contributed by atoms with Crippen LogP contribution in [0.1, 0.15) is 0 Å². The molecule has 1 heterocycles. The van der Waals surface area contributed by atoms with E-state index in [-0.39, 0.29) is 23.6 Å². The predicted molar refractivity (Wildman–Crippen MR) is 131 cm³/mol. The van der Waals surface area contributed by atoms with Crippen LogP contribution in [-0.2, 0) is 9.53 Å². The number of carbonyl (C=O) groups excluding carboxylic acids is 2. The molecule has 0 aromatic heterocycles. The minimum Gasteiger partial charge on any atom is -0.442 e. The first kappa shape index (κ1) is 27.0. The molecule has 4 rings (SSSR count). The normalized spacial score (nSPS) is 14.7. The van der Waals surface area contributed by atoms with Crippen molar-refractivity contribution in [3.8, 4) is 11.1 Å². The van der Waals surface area contributed by atoms with E-state index in [9.17, 15) is 42.1 Å². The first-order valence-electron chi connectivity index (χ1n) is 11.2. The number of nitro benzene ring substituents is 1. The molecule has 1 atom stereocenters. The Hall–Kier alpha value is -5.01. The summed E-state index contributed by atoms with van der Waals surface area (Å²) in [7, 11) is 0. The number of cyclic esters (lactones) is 1. The first-order chi connectivity index (χ1) is 18.5. The molecular formula is C25H18F4N4O6. The minimum absolute atomic E-state index is 0.141. The van der Waals surface area contributed by atoms with Gasteiger partial charge >= 0.3 is 12.5 Å². The molecule has 3 aromatic rings. The van der Waals surface area contributed by atoms with E-state index in [4.69, 9.17) is 4.74 Å². The number of carbonyl (C=O) groups is 2. The van der Waals surface area contributed by atoms with Crippen LogP contribution >= 0.6 is 0 Å². The molecule has 0 spiro atoms. The van der Waals surface area contributed by atoms with Crippen molar-refractivity contribution in [3.63, 3.8) is 0 Å². The van der Waals surface area contributed by atoms with Crippen molar-refractivity contribution in [1.82, 2.24) is 5.32 Å². The number of hydrogen-bond donors (Lipinski definition) is 2. The molecule has 3 aromatic carbocycles. The lowest BCUT2D eigenvalue weighted by atomic mass is 10.1. The zero-order valence-corrected chi connectivity index (χ0v) is 19.7. The number of nitrogens with zero attached hydrogens (tertiary/aromatic N) is 2. The van der Waals surface area contributed by atoms with Crippen molar-refractivity contribution in [2.24, 2.45) is 0 Å². The third-order valence-corrected chi connectivity index (χ3v) is 5.67. The van der Waals surface area contributed by atoms with E-state index in [1.54, 1.807) is 6.07 Å². The van der Waals surface area contributed by atoms with Gasteiger partial charge in [0.15, 0.2) is 11.6 Å².